The summed E-state index contributed by atoms with van der Waals surface area (Å²) in [6.07, 6.45) is 10.9. The molecule has 0 saturated carbocycles. The summed E-state index contributed by atoms with van der Waals surface area (Å²) in [6, 6.07) is 9.65. The van der Waals surface area contributed by atoms with Crippen LogP contribution in [0, 0.1) is 0 Å². The van der Waals surface area contributed by atoms with Gasteiger partial charge < -0.3 is 25.5 Å². The first-order valence-electron chi connectivity index (χ1n) is 13.2. The second kappa shape index (κ2) is 10.7. The van der Waals surface area contributed by atoms with Crippen LogP contribution in [0.1, 0.15) is 87.7 Å². The van der Waals surface area contributed by atoms with Gasteiger partial charge in [-0.1, -0.05) is 26.0 Å². The number of aromatic amines is 2. The maximum Gasteiger partial charge on any atom is 0.123 e. The van der Waals surface area contributed by atoms with Gasteiger partial charge in [0.2, 0.25) is 0 Å². The van der Waals surface area contributed by atoms with Crippen molar-refractivity contribution in [1.82, 2.24) is 30.6 Å². The van der Waals surface area contributed by atoms with Crippen LogP contribution in [-0.2, 0) is 0 Å². The van der Waals surface area contributed by atoms with Crippen molar-refractivity contribution in [1.29, 1.82) is 0 Å². The van der Waals surface area contributed by atoms with Crippen molar-refractivity contribution in [2.24, 2.45) is 0 Å². The van der Waals surface area contributed by atoms with Gasteiger partial charge in [-0.3, -0.25) is 0 Å². The zero-order valence-electron chi connectivity index (χ0n) is 20.6. The van der Waals surface area contributed by atoms with Gasteiger partial charge in [0.15, 0.2) is 0 Å². The summed E-state index contributed by atoms with van der Waals surface area (Å²) in [4.78, 5) is 19.0. The largest absolute Gasteiger partial charge is 0.371 e. The van der Waals surface area contributed by atoms with Crippen molar-refractivity contribution in [2.75, 3.05) is 31.1 Å². The van der Waals surface area contributed by atoms with Gasteiger partial charge in [-0.25, -0.2) is 9.97 Å². The average molecular weight is 462 g/mol. The van der Waals surface area contributed by atoms with Gasteiger partial charge in [-0.15, -0.1) is 0 Å². The molecule has 34 heavy (non-hydrogen) atoms. The Morgan fingerprint density at radius 1 is 1.03 bits per heavy atom. The molecule has 2 aromatic heterocycles. The number of hydrogen-bond donors (Lipinski definition) is 4. The highest BCUT2D eigenvalue weighted by molar-refractivity contribution is 5.63. The van der Waals surface area contributed by atoms with Crippen LogP contribution in [0.4, 0.5) is 5.69 Å². The van der Waals surface area contributed by atoms with Gasteiger partial charge in [0, 0.05) is 36.6 Å². The normalized spacial score (nSPS) is 20.2. The molecule has 3 aromatic rings. The number of nitrogens with one attached hydrogen (secondary N) is 4. The Bertz CT molecular complexity index is 1020. The Hall–Kier alpha value is -2.64. The fraction of sp³-hybridized carbons (Fsp3) is 0.556. The monoisotopic (exact) mass is 461 g/mol. The summed E-state index contributed by atoms with van der Waals surface area (Å²) in [6.45, 7) is 8.69. The predicted molar refractivity (Wildman–Crippen MR) is 138 cm³/mol. The SMILES string of the molecule is CCCNC(CC)c1ncc(C2CCN(c3ccc(-c4cnc(C5CCCN5)[nH]4)cc3)CC2)[nH]1. The average Bonchev–Trinajstić information content (AvgIpc) is 3.67. The standard InChI is InChI=1S/C27H39N7/c1-3-13-28-22(4-2)26-30-18-25(32-26)20-11-15-34(16-12-20)21-9-7-19(8-10-21)24-17-31-27(33-24)23-6-5-14-29-23/h7-10,17-18,20,22-23,28-29H,3-6,11-16H2,1-2H3,(H,30,32)(H,31,33). The number of hydrogen-bond acceptors (Lipinski definition) is 5. The van der Waals surface area contributed by atoms with Crippen LogP contribution in [0.3, 0.4) is 0 Å². The number of anilines is 1. The maximum atomic E-state index is 4.71. The first-order valence-corrected chi connectivity index (χ1v) is 13.2. The summed E-state index contributed by atoms with van der Waals surface area (Å²) in [5.41, 5.74) is 4.90. The van der Waals surface area contributed by atoms with Crippen LogP contribution in [0.25, 0.3) is 11.3 Å². The van der Waals surface area contributed by atoms with Gasteiger partial charge in [0.05, 0.1) is 24.0 Å². The van der Waals surface area contributed by atoms with Crippen LogP contribution >= 0.6 is 0 Å². The van der Waals surface area contributed by atoms with Gasteiger partial charge in [-0.05, 0) is 69.3 Å². The zero-order chi connectivity index (χ0) is 23.3. The minimum Gasteiger partial charge on any atom is -0.371 e. The molecule has 7 heteroatoms. The van der Waals surface area contributed by atoms with Crippen molar-refractivity contribution in [2.45, 2.75) is 70.4 Å². The molecule has 4 N–H and O–H groups in total. The summed E-state index contributed by atoms with van der Waals surface area (Å²) < 4.78 is 0. The van der Waals surface area contributed by atoms with Gasteiger partial charge >= 0.3 is 0 Å². The van der Waals surface area contributed by atoms with Gasteiger partial charge in [0.25, 0.3) is 0 Å². The van der Waals surface area contributed by atoms with Crippen LogP contribution < -0.4 is 15.5 Å². The van der Waals surface area contributed by atoms with Gasteiger partial charge in [-0.2, -0.15) is 0 Å². The van der Waals surface area contributed by atoms with E-state index in [0.717, 1.165) is 75.6 Å². The molecule has 2 fully saturated rings. The number of piperidine rings is 1. The molecule has 7 nitrogen and oxygen atoms in total. The molecular formula is C27H39N7. The molecule has 1 aromatic carbocycles. The first-order chi connectivity index (χ1) is 16.7. The Labute approximate surface area is 203 Å². The second-order valence-corrected chi connectivity index (χ2v) is 9.78. The van der Waals surface area contributed by atoms with Crippen LogP contribution in [0.5, 0.6) is 0 Å². The molecule has 2 saturated heterocycles. The quantitative estimate of drug-likeness (QED) is 0.358. The Morgan fingerprint density at radius 3 is 2.56 bits per heavy atom. The molecule has 0 spiro atoms. The predicted octanol–water partition coefficient (Wildman–Crippen LogP) is 5.06. The summed E-state index contributed by atoms with van der Waals surface area (Å²) in [5, 5.41) is 7.11. The number of nitrogens with zero attached hydrogens (tertiary/aromatic N) is 3. The molecule has 0 aliphatic carbocycles. The van der Waals surface area contributed by atoms with E-state index in [1.807, 2.05) is 6.20 Å². The van der Waals surface area contributed by atoms with E-state index in [9.17, 15) is 0 Å². The molecule has 2 atom stereocenters. The lowest BCUT2D eigenvalue weighted by atomic mass is 9.93. The Morgan fingerprint density at radius 2 is 1.85 bits per heavy atom. The summed E-state index contributed by atoms with van der Waals surface area (Å²) in [5.74, 6) is 2.72. The molecular weight excluding hydrogens is 422 g/mol. The summed E-state index contributed by atoms with van der Waals surface area (Å²) in [7, 11) is 0. The van der Waals surface area contributed by atoms with Crippen molar-refractivity contribution >= 4 is 5.69 Å². The molecule has 0 amide bonds. The van der Waals surface area contributed by atoms with E-state index in [2.05, 4.69) is 74.8 Å². The third-order valence-electron chi connectivity index (χ3n) is 7.46. The Balaban J connectivity index is 1.17. The number of aromatic nitrogens is 4. The van der Waals surface area contributed by atoms with Crippen molar-refractivity contribution in [3.8, 4) is 11.3 Å². The molecule has 182 valence electrons. The number of rotatable bonds is 9. The van der Waals surface area contributed by atoms with E-state index in [4.69, 9.17) is 4.98 Å². The van der Waals surface area contributed by atoms with Crippen molar-refractivity contribution < 1.29 is 0 Å². The van der Waals surface area contributed by atoms with E-state index in [1.165, 1.54) is 23.4 Å². The highest BCUT2D eigenvalue weighted by Crippen LogP contribution is 2.31. The zero-order valence-corrected chi connectivity index (χ0v) is 20.6. The fourth-order valence-corrected chi connectivity index (χ4v) is 5.37. The van der Waals surface area contributed by atoms with E-state index in [0.29, 0.717) is 18.0 Å². The molecule has 2 unspecified atom stereocenters. The van der Waals surface area contributed by atoms with Gasteiger partial charge in [0.1, 0.15) is 11.6 Å². The smallest absolute Gasteiger partial charge is 0.123 e. The summed E-state index contributed by atoms with van der Waals surface area (Å²) >= 11 is 0. The lowest BCUT2D eigenvalue weighted by Gasteiger charge is -2.33. The van der Waals surface area contributed by atoms with E-state index < -0.39 is 0 Å². The highest BCUT2D eigenvalue weighted by Gasteiger charge is 2.24. The van der Waals surface area contributed by atoms with E-state index in [1.54, 1.807) is 0 Å². The van der Waals surface area contributed by atoms with E-state index in [-0.39, 0.29) is 0 Å². The number of benzene rings is 1. The Kier molecular flexibility index (Phi) is 7.30. The number of H-pyrrole nitrogens is 2. The third kappa shape index (κ3) is 5.05. The lowest BCUT2D eigenvalue weighted by Crippen LogP contribution is -2.33. The minimum absolute atomic E-state index is 0.327. The highest BCUT2D eigenvalue weighted by atomic mass is 15.1. The topological polar surface area (TPSA) is 84.7 Å². The molecule has 0 bridgehead atoms. The third-order valence-corrected chi connectivity index (χ3v) is 7.46. The molecule has 5 rings (SSSR count). The van der Waals surface area contributed by atoms with Crippen LogP contribution in [-0.4, -0.2) is 46.1 Å². The van der Waals surface area contributed by atoms with Crippen molar-refractivity contribution in [3.63, 3.8) is 0 Å². The lowest BCUT2D eigenvalue weighted by molar-refractivity contribution is 0.484. The maximum absolute atomic E-state index is 4.71. The molecule has 0 radical (unpaired) electrons. The van der Waals surface area contributed by atoms with E-state index >= 15 is 0 Å². The molecule has 2 aliphatic rings. The first kappa shape index (κ1) is 23.1. The molecule has 4 heterocycles. The molecule has 2 aliphatic heterocycles. The van der Waals surface area contributed by atoms with Crippen LogP contribution in [0.2, 0.25) is 0 Å². The number of imidazole rings is 2. The fourth-order valence-electron chi connectivity index (χ4n) is 5.37. The second-order valence-electron chi connectivity index (χ2n) is 9.78. The van der Waals surface area contributed by atoms with Crippen molar-refractivity contribution in [3.05, 3.63) is 54.0 Å². The minimum atomic E-state index is 0.327. The van der Waals surface area contributed by atoms with Crippen LogP contribution in [0.15, 0.2) is 36.7 Å².